The predicted molar refractivity (Wildman–Crippen MR) is 110 cm³/mol. The van der Waals surface area contributed by atoms with Crippen molar-refractivity contribution in [2.75, 3.05) is 29.3 Å². The highest BCUT2D eigenvalue weighted by atomic mass is 32.2. The summed E-state index contributed by atoms with van der Waals surface area (Å²) in [5.41, 5.74) is -0.256. The van der Waals surface area contributed by atoms with Crippen LogP contribution in [-0.2, 0) is 19.6 Å². The third kappa shape index (κ3) is 5.29. The number of anilines is 2. The number of halogens is 1. The number of esters is 1. The van der Waals surface area contributed by atoms with Crippen LogP contribution in [0.5, 0.6) is 0 Å². The number of piperidine rings is 1. The van der Waals surface area contributed by atoms with E-state index in [1.807, 2.05) is 0 Å². The number of nitrogens with one attached hydrogen (secondary N) is 1. The van der Waals surface area contributed by atoms with E-state index in [-0.39, 0.29) is 41.1 Å². The highest BCUT2D eigenvalue weighted by Gasteiger charge is 2.30. The average Bonchev–Trinajstić information content (AvgIpc) is 2.74. The monoisotopic (exact) mass is 451 g/mol. The standard InChI is InChI=1S/C20H22FN3O6S/c1-2-30-20(27)13-4-3-9-24(12-13)18-17(10-14(11-22-18)19(25)26)23-31(28,29)16-7-5-15(21)6-8-16/h5-8,10-11,13,23H,2-4,9,12H2,1H3,(H,25,26). The second kappa shape index (κ2) is 9.29. The molecule has 1 saturated heterocycles. The maximum absolute atomic E-state index is 13.2. The minimum atomic E-state index is -4.14. The van der Waals surface area contributed by atoms with Gasteiger partial charge in [-0.3, -0.25) is 9.52 Å². The number of sulfonamides is 1. The molecule has 3 rings (SSSR count). The Bertz CT molecular complexity index is 1070. The summed E-state index contributed by atoms with van der Waals surface area (Å²) in [5, 5.41) is 9.30. The van der Waals surface area contributed by atoms with Gasteiger partial charge in [-0.1, -0.05) is 0 Å². The van der Waals surface area contributed by atoms with Gasteiger partial charge in [-0.2, -0.15) is 0 Å². The van der Waals surface area contributed by atoms with Crippen LogP contribution >= 0.6 is 0 Å². The van der Waals surface area contributed by atoms with Crippen molar-refractivity contribution in [3.63, 3.8) is 0 Å². The number of rotatable bonds is 7. The number of hydrogen-bond acceptors (Lipinski definition) is 7. The SMILES string of the molecule is CCOC(=O)C1CCCN(c2ncc(C(=O)O)cc2NS(=O)(=O)c2ccc(F)cc2)C1. The molecule has 0 spiro atoms. The van der Waals surface area contributed by atoms with E-state index in [4.69, 9.17) is 4.74 Å². The van der Waals surface area contributed by atoms with Crippen molar-refractivity contribution in [1.29, 1.82) is 0 Å². The molecule has 0 amide bonds. The van der Waals surface area contributed by atoms with Gasteiger partial charge < -0.3 is 14.7 Å². The average molecular weight is 451 g/mol. The Kier molecular flexibility index (Phi) is 6.74. The minimum absolute atomic E-state index is 0.0475. The molecule has 2 N–H and O–H groups in total. The molecule has 1 aromatic heterocycles. The first-order chi connectivity index (χ1) is 14.7. The molecule has 11 heteroatoms. The van der Waals surface area contributed by atoms with Gasteiger partial charge in [0.05, 0.1) is 28.7 Å². The van der Waals surface area contributed by atoms with Gasteiger partial charge in [-0.25, -0.2) is 22.6 Å². The number of carboxylic acid groups (broad SMARTS) is 1. The summed E-state index contributed by atoms with van der Waals surface area (Å²) in [6.45, 7) is 2.72. The Morgan fingerprint density at radius 3 is 2.68 bits per heavy atom. The summed E-state index contributed by atoms with van der Waals surface area (Å²) in [7, 11) is -4.14. The van der Waals surface area contributed by atoms with E-state index in [1.54, 1.807) is 11.8 Å². The zero-order chi connectivity index (χ0) is 22.6. The van der Waals surface area contributed by atoms with Gasteiger partial charge in [0.15, 0.2) is 5.82 Å². The van der Waals surface area contributed by atoms with Gasteiger partial charge in [0.2, 0.25) is 0 Å². The van der Waals surface area contributed by atoms with Crippen LogP contribution in [0.4, 0.5) is 15.9 Å². The summed E-state index contributed by atoms with van der Waals surface area (Å²) >= 11 is 0. The maximum Gasteiger partial charge on any atom is 0.337 e. The Morgan fingerprint density at radius 2 is 2.03 bits per heavy atom. The molecule has 1 aliphatic heterocycles. The zero-order valence-electron chi connectivity index (χ0n) is 16.7. The van der Waals surface area contributed by atoms with E-state index in [1.165, 1.54) is 6.07 Å². The number of hydrogen-bond donors (Lipinski definition) is 2. The van der Waals surface area contributed by atoms with E-state index < -0.39 is 27.7 Å². The third-order valence-corrected chi connectivity index (χ3v) is 6.20. The zero-order valence-corrected chi connectivity index (χ0v) is 17.6. The largest absolute Gasteiger partial charge is 0.478 e. The van der Waals surface area contributed by atoms with Crippen molar-refractivity contribution >= 4 is 33.5 Å². The van der Waals surface area contributed by atoms with Gasteiger partial charge >= 0.3 is 11.9 Å². The van der Waals surface area contributed by atoms with Crippen LogP contribution in [0.1, 0.15) is 30.1 Å². The molecule has 1 aromatic carbocycles. The molecule has 1 atom stereocenters. The van der Waals surface area contributed by atoms with Crippen molar-refractivity contribution in [2.45, 2.75) is 24.7 Å². The quantitative estimate of drug-likeness (QED) is 0.615. The van der Waals surface area contributed by atoms with Crippen LogP contribution in [0, 0.1) is 11.7 Å². The fourth-order valence-corrected chi connectivity index (χ4v) is 4.39. The van der Waals surface area contributed by atoms with Crippen LogP contribution in [0.2, 0.25) is 0 Å². The minimum Gasteiger partial charge on any atom is -0.478 e. The van der Waals surface area contributed by atoms with Gasteiger partial charge in [0.25, 0.3) is 10.0 Å². The molecule has 1 fully saturated rings. The summed E-state index contributed by atoms with van der Waals surface area (Å²) in [6, 6.07) is 5.39. The Labute approximate surface area is 178 Å². The van der Waals surface area contributed by atoms with Crippen molar-refractivity contribution in [1.82, 2.24) is 4.98 Å². The van der Waals surface area contributed by atoms with Crippen LogP contribution in [-0.4, -0.2) is 50.1 Å². The normalized spacial score (nSPS) is 16.6. The maximum atomic E-state index is 13.2. The fraction of sp³-hybridized carbons (Fsp3) is 0.350. The summed E-state index contributed by atoms with van der Waals surface area (Å²) in [5.74, 6) is -2.42. The molecule has 166 valence electrons. The van der Waals surface area contributed by atoms with Crippen LogP contribution in [0.3, 0.4) is 0 Å². The number of benzene rings is 1. The van der Waals surface area contributed by atoms with Gasteiger partial charge in [0.1, 0.15) is 5.82 Å². The molecule has 1 aliphatic rings. The second-order valence-electron chi connectivity index (χ2n) is 7.00. The van der Waals surface area contributed by atoms with Crippen molar-refractivity contribution < 1.29 is 32.2 Å². The van der Waals surface area contributed by atoms with Crippen molar-refractivity contribution in [3.05, 3.63) is 47.9 Å². The van der Waals surface area contributed by atoms with E-state index in [0.29, 0.717) is 19.4 Å². The molecule has 9 nitrogen and oxygen atoms in total. The first kappa shape index (κ1) is 22.5. The molecule has 2 heterocycles. The van der Waals surface area contributed by atoms with E-state index in [2.05, 4.69) is 9.71 Å². The van der Waals surface area contributed by atoms with Crippen molar-refractivity contribution in [2.24, 2.45) is 5.92 Å². The van der Waals surface area contributed by atoms with Gasteiger partial charge in [-0.15, -0.1) is 0 Å². The second-order valence-corrected chi connectivity index (χ2v) is 8.68. The van der Waals surface area contributed by atoms with E-state index >= 15 is 0 Å². The molecular weight excluding hydrogens is 429 g/mol. The van der Waals surface area contributed by atoms with Gasteiger partial charge in [0, 0.05) is 19.3 Å². The smallest absolute Gasteiger partial charge is 0.337 e. The number of ether oxygens (including phenoxy) is 1. The predicted octanol–water partition coefficient (Wildman–Crippen LogP) is 2.50. The highest BCUT2D eigenvalue weighted by molar-refractivity contribution is 7.92. The summed E-state index contributed by atoms with van der Waals surface area (Å²) < 4.78 is 46.2. The summed E-state index contributed by atoms with van der Waals surface area (Å²) in [6.07, 6.45) is 2.40. The molecular formula is C20H22FN3O6S. The lowest BCUT2D eigenvalue weighted by atomic mass is 9.98. The van der Waals surface area contributed by atoms with E-state index in [9.17, 15) is 27.5 Å². The van der Waals surface area contributed by atoms with Gasteiger partial charge in [-0.05, 0) is 50.1 Å². The topological polar surface area (TPSA) is 126 Å². The van der Waals surface area contributed by atoms with Crippen LogP contribution < -0.4 is 9.62 Å². The number of pyridine rings is 1. The first-order valence-corrected chi connectivity index (χ1v) is 11.1. The molecule has 0 radical (unpaired) electrons. The summed E-state index contributed by atoms with van der Waals surface area (Å²) in [4.78, 5) is 29.2. The lowest BCUT2D eigenvalue weighted by Crippen LogP contribution is -2.40. The molecule has 0 saturated carbocycles. The molecule has 0 bridgehead atoms. The fourth-order valence-electron chi connectivity index (χ4n) is 3.34. The Morgan fingerprint density at radius 1 is 1.32 bits per heavy atom. The van der Waals surface area contributed by atoms with Crippen LogP contribution in [0.25, 0.3) is 0 Å². The Balaban J connectivity index is 1.95. The lowest BCUT2D eigenvalue weighted by molar-refractivity contribution is -0.148. The number of aromatic nitrogens is 1. The molecule has 2 aromatic rings. The Hall–Kier alpha value is -3.21. The van der Waals surface area contributed by atoms with Crippen LogP contribution in [0.15, 0.2) is 41.4 Å². The third-order valence-electron chi connectivity index (χ3n) is 4.82. The number of aromatic carboxylic acids is 1. The highest BCUT2D eigenvalue weighted by Crippen LogP contribution is 2.31. The number of nitrogens with zero attached hydrogens (tertiary/aromatic N) is 2. The first-order valence-electron chi connectivity index (χ1n) is 9.64. The van der Waals surface area contributed by atoms with Crippen molar-refractivity contribution in [3.8, 4) is 0 Å². The lowest BCUT2D eigenvalue weighted by Gasteiger charge is -2.33. The number of carboxylic acids is 1. The molecule has 31 heavy (non-hydrogen) atoms. The number of carbonyl (C=O) groups is 2. The molecule has 1 unspecified atom stereocenters. The number of carbonyl (C=O) groups excluding carboxylic acids is 1. The van der Waals surface area contributed by atoms with E-state index in [0.717, 1.165) is 30.5 Å². The molecule has 0 aliphatic carbocycles.